The number of hydrogen-bond acceptors (Lipinski definition) is 5. The maximum absolute atomic E-state index is 13.6. The van der Waals surface area contributed by atoms with Gasteiger partial charge >= 0.3 is 0 Å². The van der Waals surface area contributed by atoms with Crippen LogP contribution in [0.15, 0.2) is 88.3 Å². The molecule has 0 aliphatic rings. The van der Waals surface area contributed by atoms with Crippen LogP contribution in [0, 0.1) is 5.82 Å². The molecule has 0 aliphatic heterocycles. The summed E-state index contributed by atoms with van der Waals surface area (Å²) in [6.45, 7) is 2.47. The topological polar surface area (TPSA) is 70.2 Å². The SMILES string of the molecule is CCOc1ccc(-n2cc(-c3nc(-c4cccc(F)c4)no3)c3ccccc3c2=O)cc1. The number of halogens is 1. The Bertz CT molecular complexity index is 1470. The summed E-state index contributed by atoms with van der Waals surface area (Å²) in [7, 11) is 0. The van der Waals surface area contributed by atoms with Gasteiger partial charge in [-0.3, -0.25) is 9.36 Å². The number of hydrogen-bond donors (Lipinski definition) is 0. The Balaban J connectivity index is 1.67. The lowest BCUT2D eigenvalue weighted by Gasteiger charge is -2.11. The molecule has 2 heterocycles. The van der Waals surface area contributed by atoms with Crippen molar-refractivity contribution < 1.29 is 13.7 Å². The van der Waals surface area contributed by atoms with Crippen LogP contribution in [0.2, 0.25) is 0 Å². The molecule has 5 rings (SSSR count). The van der Waals surface area contributed by atoms with Crippen molar-refractivity contribution in [3.8, 4) is 34.3 Å². The Morgan fingerprint density at radius 1 is 1.00 bits per heavy atom. The lowest BCUT2D eigenvalue weighted by atomic mass is 10.1. The molecule has 0 fully saturated rings. The molecule has 0 amide bonds. The second kappa shape index (κ2) is 8.11. The van der Waals surface area contributed by atoms with Gasteiger partial charge in [0.1, 0.15) is 11.6 Å². The third-order valence-electron chi connectivity index (χ3n) is 5.09. The summed E-state index contributed by atoms with van der Waals surface area (Å²) in [5.74, 6) is 0.841. The minimum atomic E-state index is -0.386. The molecule has 0 saturated heterocycles. The highest BCUT2D eigenvalue weighted by Gasteiger charge is 2.17. The Hall–Kier alpha value is -4.26. The molecule has 158 valence electrons. The number of nitrogens with zero attached hydrogens (tertiary/aromatic N) is 3. The fourth-order valence-corrected chi connectivity index (χ4v) is 3.60. The summed E-state index contributed by atoms with van der Waals surface area (Å²) in [5.41, 5.74) is 1.61. The predicted octanol–water partition coefficient (Wildman–Crippen LogP) is 5.25. The molecule has 0 bridgehead atoms. The van der Waals surface area contributed by atoms with Crippen molar-refractivity contribution in [1.82, 2.24) is 14.7 Å². The second-order valence-electron chi connectivity index (χ2n) is 7.12. The monoisotopic (exact) mass is 427 g/mol. The zero-order valence-electron chi connectivity index (χ0n) is 17.2. The van der Waals surface area contributed by atoms with E-state index in [0.29, 0.717) is 34.2 Å². The van der Waals surface area contributed by atoms with Crippen molar-refractivity contribution in [2.24, 2.45) is 0 Å². The highest BCUT2D eigenvalue weighted by molar-refractivity contribution is 5.94. The third kappa shape index (κ3) is 3.54. The molecule has 0 aliphatic carbocycles. The molecular weight excluding hydrogens is 409 g/mol. The molecule has 7 heteroatoms. The van der Waals surface area contributed by atoms with E-state index in [1.54, 1.807) is 29.0 Å². The fraction of sp³-hybridized carbons (Fsp3) is 0.0800. The van der Waals surface area contributed by atoms with E-state index < -0.39 is 0 Å². The van der Waals surface area contributed by atoms with Crippen molar-refractivity contribution in [1.29, 1.82) is 0 Å². The van der Waals surface area contributed by atoms with Crippen molar-refractivity contribution in [3.63, 3.8) is 0 Å². The van der Waals surface area contributed by atoms with Gasteiger partial charge in [0.25, 0.3) is 11.4 Å². The highest BCUT2D eigenvalue weighted by atomic mass is 19.1. The van der Waals surface area contributed by atoms with E-state index in [2.05, 4.69) is 10.1 Å². The number of fused-ring (bicyclic) bond motifs is 1. The van der Waals surface area contributed by atoms with Crippen LogP contribution in [0.5, 0.6) is 5.75 Å². The van der Waals surface area contributed by atoms with Crippen LogP contribution in [-0.2, 0) is 0 Å². The Morgan fingerprint density at radius 3 is 2.53 bits per heavy atom. The van der Waals surface area contributed by atoms with Gasteiger partial charge in [-0.05, 0) is 49.4 Å². The van der Waals surface area contributed by atoms with E-state index in [1.807, 2.05) is 49.4 Å². The lowest BCUT2D eigenvalue weighted by molar-refractivity contribution is 0.340. The minimum absolute atomic E-state index is 0.168. The first-order valence-electron chi connectivity index (χ1n) is 10.1. The fourth-order valence-electron chi connectivity index (χ4n) is 3.60. The number of benzene rings is 3. The van der Waals surface area contributed by atoms with Gasteiger partial charge in [-0.15, -0.1) is 0 Å². The Labute approximate surface area is 182 Å². The van der Waals surface area contributed by atoms with Crippen LogP contribution in [0.3, 0.4) is 0 Å². The van der Waals surface area contributed by atoms with Crippen LogP contribution < -0.4 is 10.3 Å². The molecule has 5 aromatic rings. The van der Waals surface area contributed by atoms with Crippen LogP contribution in [0.1, 0.15) is 6.92 Å². The van der Waals surface area contributed by atoms with Crippen LogP contribution in [0.25, 0.3) is 39.3 Å². The van der Waals surface area contributed by atoms with Gasteiger partial charge in [-0.2, -0.15) is 4.98 Å². The highest BCUT2D eigenvalue weighted by Crippen LogP contribution is 2.29. The third-order valence-corrected chi connectivity index (χ3v) is 5.09. The van der Waals surface area contributed by atoms with E-state index in [1.165, 1.54) is 12.1 Å². The predicted molar refractivity (Wildman–Crippen MR) is 119 cm³/mol. The van der Waals surface area contributed by atoms with Crippen molar-refractivity contribution in [2.75, 3.05) is 6.61 Å². The van der Waals surface area contributed by atoms with Gasteiger partial charge in [0.05, 0.1) is 12.2 Å². The summed E-state index contributed by atoms with van der Waals surface area (Å²) in [6, 6.07) is 20.5. The molecule has 32 heavy (non-hydrogen) atoms. The van der Waals surface area contributed by atoms with E-state index >= 15 is 0 Å². The standard InChI is InChI=1S/C25H18FN3O3/c1-2-31-19-12-10-18(11-13-19)29-15-22(20-8-3-4-9-21(20)25(29)30)24-27-23(28-32-24)16-6-5-7-17(26)14-16/h3-15H,2H2,1H3. The first-order chi connectivity index (χ1) is 15.6. The van der Waals surface area contributed by atoms with Crippen LogP contribution in [0.4, 0.5) is 4.39 Å². The average Bonchev–Trinajstić information content (AvgIpc) is 3.31. The summed E-state index contributed by atoms with van der Waals surface area (Å²) in [5, 5.41) is 5.22. The van der Waals surface area contributed by atoms with E-state index in [4.69, 9.17) is 9.26 Å². The smallest absolute Gasteiger partial charge is 0.262 e. The number of aromatic nitrogens is 3. The van der Waals surface area contributed by atoms with Gasteiger partial charge in [0.15, 0.2) is 0 Å². The van der Waals surface area contributed by atoms with Crippen molar-refractivity contribution >= 4 is 10.8 Å². The summed E-state index contributed by atoms with van der Waals surface area (Å²) in [4.78, 5) is 17.7. The van der Waals surface area contributed by atoms with E-state index in [9.17, 15) is 9.18 Å². The summed E-state index contributed by atoms with van der Waals surface area (Å²) >= 11 is 0. The van der Waals surface area contributed by atoms with Crippen LogP contribution in [-0.4, -0.2) is 21.3 Å². The van der Waals surface area contributed by atoms with Crippen LogP contribution >= 0.6 is 0 Å². The molecule has 0 N–H and O–H groups in total. The molecule has 0 unspecified atom stereocenters. The normalized spacial score (nSPS) is 11.1. The molecular formula is C25H18FN3O3. The second-order valence-corrected chi connectivity index (χ2v) is 7.12. The molecule has 0 radical (unpaired) electrons. The first kappa shape index (κ1) is 19.7. The first-order valence-corrected chi connectivity index (χ1v) is 10.1. The quantitative estimate of drug-likeness (QED) is 0.383. The Kier molecular flexibility index (Phi) is 4.99. The molecule has 0 atom stereocenters. The van der Waals surface area contributed by atoms with E-state index in [0.717, 1.165) is 5.75 Å². The van der Waals surface area contributed by atoms with E-state index in [-0.39, 0.29) is 23.1 Å². The zero-order valence-corrected chi connectivity index (χ0v) is 17.2. The minimum Gasteiger partial charge on any atom is -0.494 e. The maximum Gasteiger partial charge on any atom is 0.262 e. The molecule has 2 aromatic heterocycles. The number of rotatable bonds is 5. The van der Waals surface area contributed by atoms with Crippen molar-refractivity contribution in [3.05, 3.63) is 95.2 Å². The lowest BCUT2D eigenvalue weighted by Crippen LogP contribution is -2.18. The summed E-state index contributed by atoms with van der Waals surface area (Å²) < 4.78 is 26.2. The Morgan fingerprint density at radius 2 is 1.78 bits per heavy atom. The molecule has 6 nitrogen and oxygen atoms in total. The van der Waals surface area contributed by atoms with Gasteiger partial charge < -0.3 is 9.26 Å². The molecule has 0 saturated carbocycles. The van der Waals surface area contributed by atoms with Gasteiger partial charge in [-0.25, -0.2) is 4.39 Å². The average molecular weight is 427 g/mol. The largest absolute Gasteiger partial charge is 0.494 e. The van der Waals surface area contributed by atoms with Gasteiger partial charge in [0.2, 0.25) is 5.82 Å². The van der Waals surface area contributed by atoms with Crippen molar-refractivity contribution in [2.45, 2.75) is 6.92 Å². The zero-order chi connectivity index (χ0) is 22.1. The number of ether oxygens (including phenoxy) is 1. The van der Waals surface area contributed by atoms with Gasteiger partial charge in [0, 0.05) is 28.2 Å². The van der Waals surface area contributed by atoms with Gasteiger partial charge in [-0.1, -0.05) is 35.5 Å². The summed E-state index contributed by atoms with van der Waals surface area (Å²) in [6.07, 6.45) is 1.68. The maximum atomic E-state index is 13.6. The molecule has 3 aromatic carbocycles. The number of pyridine rings is 1. The molecule has 0 spiro atoms.